The monoisotopic (exact) mass is 637 g/mol. The van der Waals surface area contributed by atoms with Crippen LogP contribution < -0.4 is 10.1 Å². The average Bonchev–Trinajstić information content (AvgIpc) is 3.40. The molecule has 0 radical (unpaired) electrons. The van der Waals surface area contributed by atoms with Crippen LogP contribution in [-0.2, 0) is 16.0 Å². The quantitative estimate of drug-likeness (QED) is 0.0935. The molecule has 1 aliphatic heterocycles. The highest BCUT2D eigenvalue weighted by Crippen LogP contribution is 2.46. The van der Waals surface area contributed by atoms with Gasteiger partial charge in [-0.1, -0.05) is 58.6 Å². The zero-order chi connectivity index (χ0) is 31.1. The van der Waals surface area contributed by atoms with Crippen molar-refractivity contribution in [2.24, 2.45) is 10.1 Å². The van der Waals surface area contributed by atoms with Crippen LogP contribution in [0.3, 0.4) is 0 Å². The zero-order valence-corrected chi connectivity index (χ0v) is 25.4. The number of aliphatic hydroxyl groups excluding tert-OH is 2. The van der Waals surface area contributed by atoms with Crippen LogP contribution in [0.25, 0.3) is 10.4 Å². The van der Waals surface area contributed by atoms with Gasteiger partial charge in [0.1, 0.15) is 5.75 Å². The zero-order valence-electron chi connectivity index (χ0n) is 23.9. The fourth-order valence-corrected chi connectivity index (χ4v) is 6.11. The number of halogens is 2. The maximum absolute atomic E-state index is 14.6. The number of hydrogen-bond acceptors (Lipinski definition) is 7. The predicted octanol–water partition coefficient (Wildman–Crippen LogP) is 6.62. The van der Waals surface area contributed by atoms with Crippen LogP contribution in [0.5, 0.6) is 5.75 Å². The summed E-state index contributed by atoms with van der Waals surface area (Å²) < 4.78 is 12.2. The summed E-state index contributed by atoms with van der Waals surface area (Å²) in [4.78, 5) is 22.6. The average molecular weight is 639 g/mol. The smallest absolute Gasteiger partial charge is 0.252 e. The summed E-state index contributed by atoms with van der Waals surface area (Å²) in [5.41, 5.74) is 9.81. The van der Waals surface area contributed by atoms with E-state index in [1.165, 1.54) is 0 Å². The number of nitrogens with zero attached hydrogens (tertiary/aromatic N) is 4. The number of nitrogens with one attached hydrogen (secondary N) is 1. The lowest BCUT2D eigenvalue weighted by molar-refractivity contribution is -0.130. The minimum atomic E-state index is -1.56. The number of rotatable bonds is 11. The van der Waals surface area contributed by atoms with Gasteiger partial charge in [-0.15, -0.1) is 0 Å². The Morgan fingerprint density at radius 2 is 1.86 bits per heavy atom. The number of azide groups is 1. The van der Waals surface area contributed by atoms with Crippen molar-refractivity contribution in [3.8, 4) is 5.75 Å². The lowest BCUT2D eigenvalue weighted by Crippen LogP contribution is -2.53. The fourth-order valence-electron chi connectivity index (χ4n) is 5.60. The minimum Gasteiger partial charge on any atom is -0.494 e. The number of hydrogen-bond donors (Lipinski definition) is 3. The topological polar surface area (TPSA) is 149 Å². The largest absolute Gasteiger partial charge is 0.494 e. The predicted molar refractivity (Wildman–Crippen MR) is 169 cm³/mol. The summed E-state index contributed by atoms with van der Waals surface area (Å²) >= 11 is 13.0. The Balaban J connectivity index is 1.61. The number of amides is 1. The van der Waals surface area contributed by atoms with Gasteiger partial charge in [-0.2, -0.15) is 0 Å². The highest BCUT2D eigenvalue weighted by Gasteiger charge is 2.54. The SMILES string of the molecule is [N-]=[N+]=Nc1ccccc1C[C@@]1(C(=O)NC2CCC(O)CC2)N=C(c2ccc(OCCCO)cc2)O[C@@H]1c1ccc(Cl)cc1Cl. The van der Waals surface area contributed by atoms with Crippen molar-refractivity contribution in [1.82, 2.24) is 5.32 Å². The van der Waals surface area contributed by atoms with Crippen molar-refractivity contribution >= 4 is 40.7 Å². The molecule has 12 heteroatoms. The molecule has 1 heterocycles. The van der Waals surface area contributed by atoms with E-state index in [1.807, 2.05) is 0 Å². The molecular formula is C32H33Cl2N5O5. The molecule has 0 bridgehead atoms. The molecule has 0 saturated heterocycles. The lowest BCUT2D eigenvalue weighted by atomic mass is 9.81. The molecule has 1 amide bonds. The highest BCUT2D eigenvalue weighted by atomic mass is 35.5. The molecule has 10 nitrogen and oxygen atoms in total. The van der Waals surface area contributed by atoms with E-state index in [9.17, 15) is 15.4 Å². The first kappa shape index (κ1) is 31.6. The van der Waals surface area contributed by atoms with Gasteiger partial charge in [0.05, 0.1) is 12.7 Å². The van der Waals surface area contributed by atoms with Crippen LogP contribution in [0.2, 0.25) is 10.0 Å². The summed E-state index contributed by atoms with van der Waals surface area (Å²) in [7, 11) is 0. The molecule has 0 unspecified atom stereocenters. The highest BCUT2D eigenvalue weighted by molar-refractivity contribution is 6.35. The first-order chi connectivity index (χ1) is 21.3. The van der Waals surface area contributed by atoms with Gasteiger partial charge in [0, 0.05) is 57.3 Å². The van der Waals surface area contributed by atoms with E-state index in [0.717, 1.165) is 0 Å². The Morgan fingerprint density at radius 3 is 2.57 bits per heavy atom. The van der Waals surface area contributed by atoms with E-state index in [-0.39, 0.29) is 37.0 Å². The number of benzene rings is 3. The fraction of sp³-hybridized carbons (Fsp3) is 0.375. The van der Waals surface area contributed by atoms with Gasteiger partial charge in [0.2, 0.25) is 5.90 Å². The van der Waals surface area contributed by atoms with Crippen LogP contribution in [-0.4, -0.2) is 52.9 Å². The van der Waals surface area contributed by atoms with Crippen molar-refractivity contribution < 1.29 is 24.5 Å². The van der Waals surface area contributed by atoms with E-state index in [0.29, 0.717) is 76.9 Å². The van der Waals surface area contributed by atoms with Gasteiger partial charge >= 0.3 is 0 Å². The second-order valence-corrected chi connectivity index (χ2v) is 11.8. The first-order valence-corrected chi connectivity index (χ1v) is 15.3. The Labute approximate surface area is 265 Å². The maximum Gasteiger partial charge on any atom is 0.252 e. The van der Waals surface area contributed by atoms with E-state index >= 15 is 0 Å². The summed E-state index contributed by atoms with van der Waals surface area (Å²) in [6.45, 7) is 0.405. The Kier molecular flexibility index (Phi) is 10.3. The van der Waals surface area contributed by atoms with E-state index in [1.54, 1.807) is 66.7 Å². The molecule has 1 aliphatic carbocycles. The van der Waals surface area contributed by atoms with Crippen molar-refractivity contribution in [3.05, 3.63) is 104 Å². The summed E-state index contributed by atoms with van der Waals surface area (Å²) in [5, 5.41) is 26.9. The molecular weight excluding hydrogens is 605 g/mol. The van der Waals surface area contributed by atoms with Gasteiger partial charge < -0.3 is 25.0 Å². The number of aliphatic hydroxyl groups is 2. The molecule has 3 aromatic rings. The Morgan fingerprint density at radius 1 is 1.11 bits per heavy atom. The van der Waals surface area contributed by atoms with Crippen molar-refractivity contribution in [1.29, 1.82) is 0 Å². The van der Waals surface area contributed by atoms with E-state index in [2.05, 4.69) is 15.3 Å². The molecule has 2 atom stereocenters. The molecule has 44 heavy (non-hydrogen) atoms. The van der Waals surface area contributed by atoms with Crippen LogP contribution in [0.4, 0.5) is 5.69 Å². The molecule has 3 aromatic carbocycles. The van der Waals surface area contributed by atoms with Crippen LogP contribution in [0, 0.1) is 0 Å². The third-order valence-electron chi connectivity index (χ3n) is 7.91. The minimum absolute atomic E-state index is 0.0335. The van der Waals surface area contributed by atoms with E-state index in [4.69, 9.17) is 42.8 Å². The molecule has 3 N–H and O–H groups in total. The molecule has 5 rings (SSSR count). The second-order valence-electron chi connectivity index (χ2n) is 10.9. The molecule has 1 fully saturated rings. The third-order valence-corrected chi connectivity index (χ3v) is 8.47. The first-order valence-electron chi connectivity index (χ1n) is 14.5. The summed E-state index contributed by atoms with van der Waals surface area (Å²) in [6.07, 6.45) is 1.62. The maximum atomic E-state index is 14.6. The molecule has 0 spiro atoms. The van der Waals surface area contributed by atoms with Crippen LogP contribution in [0.15, 0.2) is 76.8 Å². The van der Waals surface area contributed by atoms with Crippen molar-refractivity contribution in [2.75, 3.05) is 13.2 Å². The number of carbonyl (C=O) groups is 1. The van der Waals surface area contributed by atoms with E-state index < -0.39 is 11.6 Å². The normalized spacial score (nSPS) is 22.8. The van der Waals surface area contributed by atoms with Crippen LogP contribution in [0.1, 0.15) is 54.9 Å². The van der Waals surface area contributed by atoms with Gasteiger partial charge in [-0.3, -0.25) is 4.79 Å². The molecule has 230 valence electrons. The van der Waals surface area contributed by atoms with Crippen molar-refractivity contribution in [2.45, 2.75) is 62.3 Å². The Hall–Kier alpha value is -3.79. The summed E-state index contributed by atoms with van der Waals surface area (Å²) in [6, 6.07) is 19.0. The third kappa shape index (κ3) is 7.12. The lowest BCUT2D eigenvalue weighted by Gasteiger charge is -2.34. The van der Waals surface area contributed by atoms with Gasteiger partial charge in [0.15, 0.2) is 11.6 Å². The van der Waals surface area contributed by atoms with Gasteiger partial charge in [-0.05, 0) is 73.2 Å². The molecule has 2 aliphatic rings. The van der Waals surface area contributed by atoms with Gasteiger partial charge in [0.25, 0.3) is 5.91 Å². The number of carbonyl (C=O) groups excluding carboxylic acids is 1. The Bertz CT molecular complexity index is 1550. The van der Waals surface area contributed by atoms with Crippen LogP contribution >= 0.6 is 23.2 Å². The molecule has 0 aromatic heterocycles. The number of aliphatic imine (C=N–C) groups is 1. The second kappa shape index (κ2) is 14.3. The number of ether oxygens (including phenoxy) is 2. The van der Waals surface area contributed by atoms with Gasteiger partial charge in [-0.25, -0.2) is 4.99 Å². The summed E-state index contributed by atoms with van der Waals surface area (Å²) in [5.74, 6) is 0.480. The standard InChI is InChI=1S/C32H33Cl2N5O5/c33-22-8-15-26(27(34)18-22)29-32(19-21-4-1-2-5-28(21)38-39-35,31(42)36-23-9-11-24(41)12-10-23)37-30(44-29)20-6-13-25(14-7-20)43-17-3-16-40/h1-2,4-8,13-15,18,23-24,29,40-41H,3,9-12,16-17,19H2,(H,36,42)/t23?,24?,29-,32-/m1/s1. The van der Waals surface area contributed by atoms with Crippen molar-refractivity contribution in [3.63, 3.8) is 0 Å². The molecule has 1 saturated carbocycles.